The van der Waals surface area contributed by atoms with Gasteiger partial charge in [0.25, 0.3) is 0 Å². The van der Waals surface area contributed by atoms with Crippen LogP contribution in [-0.4, -0.2) is 26.7 Å². The minimum Gasteiger partial charge on any atom is -0.396 e. The van der Waals surface area contributed by atoms with Crippen molar-refractivity contribution >= 4 is 10.9 Å². The van der Waals surface area contributed by atoms with Crippen LogP contribution in [0.1, 0.15) is 25.1 Å². The third-order valence-electron chi connectivity index (χ3n) is 3.57. The van der Waals surface area contributed by atoms with E-state index in [0.717, 1.165) is 29.0 Å². The number of aromatic amines is 2. The third kappa shape index (κ3) is 2.04. The van der Waals surface area contributed by atoms with E-state index in [9.17, 15) is 5.11 Å². The van der Waals surface area contributed by atoms with E-state index in [-0.39, 0.29) is 12.5 Å². The molecular formula is C15H17N3O. The molecule has 19 heavy (non-hydrogen) atoms. The van der Waals surface area contributed by atoms with Gasteiger partial charge in [-0.3, -0.25) is 0 Å². The molecule has 0 spiro atoms. The standard InChI is InChI=1S/C15H17N3O/c1-2-10(9-19)15-17-8-14(18-15)12-7-16-13-6-4-3-5-11(12)13/h3-8,10,16,19H,2,9H2,1H3,(H,17,18). The van der Waals surface area contributed by atoms with E-state index in [1.807, 2.05) is 24.5 Å². The first kappa shape index (κ1) is 12.0. The Morgan fingerprint density at radius 3 is 2.95 bits per heavy atom. The molecule has 0 amide bonds. The maximum atomic E-state index is 9.32. The number of benzene rings is 1. The first-order chi connectivity index (χ1) is 9.33. The third-order valence-corrected chi connectivity index (χ3v) is 3.57. The molecule has 4 heteroatoms. The number of aromatic nitrogens is 3. The van der Waals surface area contributed by atoms with Crippen molar-refractivity contribution in [3.63, 3.8) is 0 Å². The number of nitrogens with zero attached hydrogens (tertiary/aromatic N) is 1. The zero-order valence-corrected chi connectivity index (χ0v) is 10.9. The van der Waals surface area contributed by atoms with Gasteiger partial charge in [0, 0.05) is 28.6 Å². The summed E-state index contributed by atoms with van der Waals surface area (Å²) < 4.78 is 0. The SMILES string of the molecule is CCC(CO)c1ncc(-c2c[nH]c3ccccc23)[nH]1. The molecular weight excluding hydrogens is 238 g/mol. The lowest BCUT2D eigenvalue weighted by atomic mass is 10.1. The van der Waals surface area contributed by atoms with Crippen LogP contribution < -0.4 is 0 Å². The Hall–Kier alpha value is -2.07. The van der Waals surface area contributed by atoms with Crippen LogP contribution in [0.5, 0.6) is 0 Å². The summed E-state index contributed by atoms with van der Waals surface area (Å²) in [6, 6.07) is 8.18. The molecule has 3 rings (SSSR count). The number of aliphatic hydroxyl groups excluding tert-OH is 1. The molecule has 0 aliphatic carbocycles. The predicted molar refractivity (Wildman–Crippen MR) is 76.0 cm³/mol. The second-order valence-corrected chi connectivity index (χ2v) is 4.72. The summed E-state index contributed by atoms with van der Waals surface area (Å²) in [4.78, 5) is 11.0. The van der Waals surface area contributed by atoms with Gasteiger partial charge in [0.05, 0.1) is 18.5 Å². The number of fused-ring (bicyclic) bond motifs is 1. The van der Waals surface area contributed by atoms with Gasteiger partial charge in [0.15, 0.2) is 0 Å². The van der Waals surface area contributed by atoms with Crippen molar-refractivity contribution in [3.8, 4) is 11.3 Å². The minimum absolute atomic E-state index is 0.0824. The van der Waals surface area contributed by atoms with E-state index >= 15 is 0 Å². The number of imidazole rings is 1. The highest BCUT2D eigenvalue weighted by Crippen LogP contribution is 2.28. The smallest absolute Gasteiger partial charge is 0.111 e. The molecule has 2 aromatic heterocycles. The molecule has 3 aromatic rings. The normalized spacial score (nSPS) is 12.9. The molecule has 0 aliphatic heterocycles. The highest BCUT2D eigenvalue weighted by atomic mass is 16.3. The van der Waals surface area contributed by atoms with Crippen LogP contribution in [0.15, 0.2) is 36.7 Å². The number of para-hydroxylation sites is 1. The molecule has 2 heterocycles. The Balaban J connectivity index is 2.03. The largest absolute Gasteiger partial charge is 0.396 e. The predicted octanol–water partition coefficient (Wildman–Crippen LogP) is 3.04. The van der Waals surface area contributed by atoms with Gasteiger partial charge in [0.1, 0.15) is 5.82 Å². The molecule has 1 unspecified atom stereocenters. The van der Waals surface area contributed by atoms with Gasteiger partial charge in [-0.05, 0) is 12.5 Å². The summed E-state index contributed by atoms with van der Waals surface area (Å²) in [6.45, 7) is 2.17. The summed E-state index contributed by atoms with van der Waals surface area (Å²) >= 11 is 0. The van der Waals surface area contributed by atoms with E-state index < -0.39 is 0 Å². The van der Waals surface area contributed by atoms with Gasteiger partial charge in [0.2, 0.25) is 0 Å². The molecule has 0 saturated carbocycles. The number of H-pyrrole nitrogens is 2. The van der Waals surface area contributed by atoms with E-state index in [0.29, 0.717) is 0 Å². The van der Waals surface area contributed by atoms with Crippen LogP contribution >= 0.6 is 0 Å². The zero-order chi connectivity index (χ0) is 13.2. The van der Waals surface area contributed by atoms with Gasteiger partial charge < -0.3 is 15.1 Å². The molecule has 0 aliphatic rings. The van der Waals surface area contributed by atoms with Crippen LogP contribution in [0.25, 0.3) is 22.2 Å². The molecule has 3 N–H and O–H groups in total. The van der Waals surface area contributed by atoms with Crippen molar-refractivity contribution in [2.45, 2.75) is 19.3 Å². The van der Waals surface area contributed by atoms with Crippen molar-refractivity contribution in [2.24, 2.45) is 0 Å². The van der Waals surface area contributed by atoms with Crippen LogP contribution in [-0.2, 0) is 0 Å². The fourth-order valence-corrected chi connectivity index (χ4v) is 2.38. The Labute approximate surface area is 111 Å². The van der Waals surface area contributed by atoms with Gasteiger partial charge in [-0.15, -0.1) is 0 Å². The number of aliphatic hydroxyl groups is 1. The molecule has 98 valence electrons. The lowest BCUT2D eigenvalue weighted by Gasteiger charge is -2.06. The first-order valence-corrected chi connectivity index (χ1v) is 6.55. The highest BCUT2D eigenvalue weighted by Gasteiger charge is 2.14. The lowest BCUT2D eigenvalue weighted by molar-refractivity contribution is 0.258. The number of hydrogen-bond donors (Lipinski definition) is 3. The molecule has 1 atom stereocenters. The van der Waals surface area contributed by atoms with E-state index in [2.05, 4.69) is 34.0 Å². The summed E-state index contributed by atoms with van der Waals surface area (Å²) in [7, 11) is 0. The quantitative estimate of drug-likeness (QED) is 0.671. The Morgan fingerprint density at radius 2 is 2.16 bits per heavy atom. The molecule has 4 nitrogen and oxygen atoms in total. The van der Waals surface area contributed by atoms with Crippen LogP contribution in [0.3, 0.4) is 0 Å². The van der Waals surface area contributed by atoms with E-state index in [1.54, 1.807) is 0 Å². The number of hydrogen-bond acceptors (Lipinski definition) is 2. The second-order valence-electron chi connectivity index (χ2n) is 4.72. The fourth-order valence-electron chi connectivity index (χ4n) is 2.38. The monoisotopic (exact) mass is 255 g/mol. The van der Waals surface area contributed by atoms with E-state index in [1.165, 1.54) is 5.39 Å². The maximum absolute atomic E-state index is 9.32. The number of rotatable bonds is 4. The van der Waals surface area contributed by atoms with Crippen molar-refractivity contribution in [3.05, 3.63) is 42.5 Å². The van der Waals surface area contributed by atoms with Gasteiger partial charge in [-0.1, -0.05) is 25.1 Å². The topological polar surface area (TPSA) is 64.7 Å². The molecule has 0 saturated heterocycles. The maximum Gasteiger partial charge on any atom is 0.111 e. The highest BCUT2D eigenvalue weighted by molar-refractivity contribution is 5.94. The number of nitrogens with one attached hydrogen (secondary N) is 2. The van der Waals surface area contributed by atoms with Crippen LogP contribution in [0.4, 0.5) is 0 Å². The minimum atomic E-state index is 0.0824. The first-order valence-electron chi connectivity index (χ1n) is 6.55. The summed E-state index contributed by atoms with van der Waals surface area (Å²) in [5.74, 6) is 0.934. The average molecular weight is 255 g/mol. The Kier molecular flexibility index (Phi) is 3.09. The second kappa shape index (κ2) is 4.90. The summed E-state index contributed by atoms with van der Waals surface area (Å²) in [6.07, 6.45) is 4.70. The van der Waals surface area contributed by atoms with Crippen molar-refractivity contribution in [2.75, 3.05) is 6.61 Å². The molecule has 0 bridgehead atoms. The molecule has 0 fully saturated rings. The van der Waals surface area contributed by atoms with Crippen molar-refractivity contribution < 1.29 is 5.11 Å². The fraction of sp³-hybridized carbons (Fsp3) is 0.267. The summed E-state index contributed by atoms with van der Waals surface area (Å²) in [5, 5.41) is 10.5. The van der Waals surface area contributed by atoms with Crippen molar-refractivity contribution in [1.82, 2.24) is 15.0 Å². The van der Waals surface area contributed by atoms with Gasteiger partial charge in [-0.25, -0.2) is 4.98 Å². The van der Waals surface area contributed by atoms with Crippen LogP contribution in [0, 0.1) is 0 Å². The van der Waals surface area contributed by atoms with E-state index in [4.69, 9.17) is 0 Å². The Morgan fingerprint density at radius 1 is 1.32 bits per heavy atom. The Bertz CT molecular complexity index is 679. The average Bonchev–Trinajstić information content (AvgIpc) is 3.06. The van der Waals surface area contributed by atoms with Crippen LogP contribution in [0.2, 0.25) is 0 Å². The zero-order valence-electron chi connectivity index (χ0n) is 10.9. The lowest BCUT2D eigenvalue weighted by Crippen LogP contribution is -2.04. The molecule has 0 radical (unpaired) electrons. The van der Waals surface area contributed by atoms with Crippen molar-refractivity contribution in [1.29, 1.82) is 0 Å². The van der Waals surface area contributed by atoms with Gasteiger partial charge >= 0.3 is 0 Å². The van der Waals surface area contributed by atoms with Gasteiger partial charge in [-0.2, -0.15) is 0 Å². The molecule has 1 aromatic carbocycles. The summed E-state index contributed by atoms with van der Waals surface area (Å²) in [5.41, 5.74) is 3.21.